The minimum atomic E-state index is -1.32. The molecule has 0 aliphatic carbocycles. The van der Waals surface area contributed by atoms with Crippen molar-refractivity contribution in [2.24, 2.45) is 0 Å². The first-order valence-electron chi connectivity index (χ1n) is 7.96. The second kappa shape index (κ2) is 6.46. The molecule has 3 rings (SSSR count). The van der Waals surface area contributed by atoms with Crippen molar-refractivity contribution in [2.75, 3.05) is 0 Å². The number of benzene rings is 1. The molecule has 25 heavy (non-hydrogen) atoms. The highest BCUT2D eigenvalue weighted by molar-refractivity contribution is 6.31. The van der Waals surface area contributed by atoms with Crippen LogP contribution in [0.15, 0.2) is 41.5 Å². The van der Waals surface area contributed by atoms with E-state index in [2.05, 4.69) is 15.1 Å². The number of H-pyrrole nitrogens is 1. The highest BCUT2D eigenvalue weighted by atomic mass is 35.5. The van der Waals surface area contributed by atoms with Crippen molar-refractivity contribution in [1.29, 1.82) is 0 Å². The summed E-state index contributed by atoms with van der Waals surface area (Å²) >= 11 is 6.36. The van der Waals surface area contributed by atoms with Crippen LogP contribution in [0.25, 0.3) is 5.82 Å². The lowest BCUT2D eigenvalue weighted by Gasteiger charge is -2.24. The largest absolute Gasteiger partial charge is 0.381 e. The zero-order valence-electron chi connectivity index (χ0n) is 14.2. The van der Waals surface area contributed by atoms with Crippen LogP contribution < -0.4 is 5.56 Å². The number of nitrogens with zero attached hydrogens (tertiary/aromatic N) is 3. The Morgan fingerprint density at radius 1 is 1.36 bits per heavy atom. The van der Waals surface area contributed by atoms with E-state index >= 15 is 0 Å². The fourth-order valence-corrected chi connectivity index (χ4v) is 3.10. The molecule has 0 spiro atoms. The van der Waals surface area contributed by atoms with Crippen LogP contribution in [-0.2, 0) is 12.0 Å². The van der Waals surface area contributed by atoms with Crippen LogP contribution in [0.2, 0.25) is 5.02 Å². The van der Waals surface area contributed by atoms with E-state index in [-0.39, 0.29) is 5.56 Å². The van der Waals surface area contributed by atoms with Crippen molar-refractivity contribution in [3.8, 4) is 5.82 Å². The molecule has 2 aromatic heterocycles. The molecular formula is C18H19ClN4O2. The molecule has 0 saturated heterocycles. The van der Waals surface area contributed by atoms with Gasteiger partial charge in [-0.25, -0.2) is 9.67 Å². The van der Waals surface area contributed by atoms with E-state index in [1.165, 1.54) is 10.7 Å². The Bertz CT molecular complexity index is 975. The summed E-state index contributed by atoms with van der Waals surface area (Å²) in [5.41, 5.74) is 0.671. The minimum Gasteiger partial charge on any atom is -0.381 e. The van der Waals surface area contributed by atoms with E-state index in [4.69, 9.17) is 11.6 Å². The minimum absolute atomic E-state index is 0.260. The van der Waals surface area contributed by atoms with Crippen LogP contribution in [0, 0.1) is 6.92 Å². The number of aryl methyl sites for hydroxylation is 2. The Hall–Kier alpha value is -2.44. The van der Waals surface area contributed by atoms with Gasteiger partial charge >= 0.3 is 0 Å². The molecule has 0 amide bonds. The van der Waals surface area contributed by atoms with E-state index in [0.717, 1.165) is 12.0 Å². The zero-order chi connectivity index (χ0) is 18.2. The lowest BCUT2D eigenvalue weighted by molar-refractivity contribution is 0.102. The maximum absolute atomic E-state index is 11.6. The lowest BCUT2D eigenvalue weighted by Crippen LogP contribution is -2.23. The highest BCUT2D eigenvalue weighted by Gasteiger charge is 2.30. The predicted octanol–water partition coefficient (Wildman–Crippen LogP) is 2.74. The van der Waals surface area contributed by atoms with Crippen molar-refractivity contribution in [2.45, 2.75) is 32.8 Å². The molecule has 0 aliphatic heterocycles. The molecule has 6 nitrogen and oxygen atoms in total. The summed E-state index contributed by atoms with van der Waals surface area (Å²) in [7, 11) is 0. The van der Waals surface area contributed by atoms with Gasteiger partial charge in [0.05, 0.1) is 6.20 Å². The summed E-state index contributed by atoms with van der Waals surface area (Å²) in [5.74, 6) is 0.875. The number of rotatable bonds is 4. The summed E-state index contributed by atoms with van der Waals surface area (Å²) in [6.07, 6.45) is 4.06. The van der Waals surface area contributed by atoms with Crippen molar-refractivity contribution >= 4 is 11.6 Å². The molecule has 2 N–H and O–H groups in total. The summed E-state index contributed by atoms with van der Waals surface area (Å²) in [4.78, 5) is 18.4. The molecule has 1 unspecified atom stereocenters. The van der Waals surface area contributed by atoms with Crippen LogP contribution in [-0.4, -0.2) is 24.9 Å². The van der Waals surface area contributed by atoms with E-state index in [9.17, 15) is 9.90 Å². The third-order valence-corrected chi connectivity index (χ3v) is 4.50. The zero-order valence-corrected chi connectivity index (χ0v) is 15.0. The van der Waals surface area contributed by atoms with Gasteiger partial charge in [-0.1, -0.05) is 30.7 Å². The summed E-state index contributed by atoms with van der Waals surface area (Å²) in [6, 6.07) is 6.98. The smallest absolute Gasteiger partial charge is 0.253 e. The predicted molar refractivity (Wildman–Crippen MR) is 96.2 cm³/mol. The summed E-state index contributed by atoms with van der Waals surface area (Å²) < 4.78 is 1.46. The Morgan fingerprint density at radius 3 is 2.76 bits per heavy atom. The Labute approximate surface area is 150 Å². The highest BCUT2D eigenvalue weighted by Crippen LogP contribution is 2.34. The average Bonchev–Trinajstić information content (AvgIpc) is 3.04. The van der Waals surface area contributed by atoms with Crippen LogP contribution in [0.1, 0.15) is 36.4 Å². The molecule has 7 heteroatoms. The standard InChI is InChI=1S/C18H19ClN4O2/c1-4-12-5-6-14(15(19)7-12)18(3,25)13-9-20-23(10-13)16-8-17(24)22-11(2)21-16/h5-10,25H,4H2,1-3H3,(H,21,22,24). The molecule has 0 fully saturated rings. The Morgan fingerprint density at radius 2 is 2.12 bits per heavy atom. The molecule has 0 bridgehead atoms. The first kappa shape index (κ1) is 17.4. The normalized spacial score (nSPS) is 13.6. The lowest BCUT2D eigenvalue weighted by atomic mass is 9.89. The number of hydrogen-bond donors (Lipinski definition) is 2. The fourth-order valence-electron chi connectivity index (χ4n) is 2.71. The number of aliphatic hydroxyl groups is 1. The van der Waals surface area contributed by atoms with Gasteiger partial charge in [0.1, 0.15) is 11.4 Å². The van der Waals surface area contributed by atoms with Gasteiger partial charge in [0.2, 0.25) is 0 Å². The SMILES string of the molecule is CCc1ccc(C(C)(O)c2cnn(-c3cc(=O)[nH]c(C)n3)c2)c(Cl)c1. The van der Waals surface area contributed by atoms with Crippen molar-refractivity contribution in [1.82, 2.24) is 19.7 Å². The van der Waals surface area contributed by atoms with E-state index in [1.54, 1.807) is 26.2 Å². The van der Waals surface area contributed by atoms with E-state index in [1.807, 2.05) is 25.1 Å². The molecular weight excluding hydrogens is 340 g/mol. The number of aromatic amines is 1. The van der Waals surface area contributed by atoms with Crippen LogP contribution >= 0.6 is 11.6 Å². The first-order valence-corrected chi connectivity index (χ1v) is 8.34. The van der Waals surface area contributed by atoms with Gasteiger partial charge in [0.15, 0.2) is 5.82 Å². The molecule has 3 aromatic rings. The van der Waals surface area contributed by atoms with Gasteiger partial charge in [0.25, 0.3) is 5.56 Å². The monoisotopic (exact) mass is 358 g/mol. The van der Waals surface area contributed by atoms with Gasteiger partial charge in [-0.3, -0.25) is 4.79 Å². The van der Waals surface area contributed by atoms with Crippen molar-refractivity contribution in [3.63, 3.8) is 0 Å². The first-order chi connectivity index (χ1) is 11.8. The molecule has 0 aliphatic rings. The fraction of sp³-hybridized carbons (Fsp3) is 0.278. The molecule has 1 aromatic carbocycles. The molecule has 0 saturated carbocycles. The van der Waals surface area contributed by atoms with Crippen molar-refractivity contribution in [3.05, 3.63) is 74.6 Å². The van der Waals surface area contributed by atoms with Crippen LogP contribution in [0.4, 0.5) is 0 Å². The number of hydrogen-bond acceptors (Lipinski definition) is 4. The molecule has 1 atom stereocenters. The van der Waals surface area contributed by atoms with Gasteiger partial charge in [-0.05, 0) is 31.9 Å². The third-order valence-electron chi connectivity index (χ3n) is 4.19. The Balaban J connectivity index is 2.02. The van der Waals surface area contributed by atoms with E-state index in [0.29, 0.717) is 27.8 Å². The number of nitrogens with one attached hydrogen (secondary N) is 1. The van der Waals surface area contributed by atoms with Gasteiger partial charge < -0.3 is 10.1 Å². The average molecular weight is 359 g/mol. The topological polar surface area (TPSA) is 83.8 Å². The number of halogens is 1. The third kappa shape index (κ3) is 3.36. The van der Waals surface area contributed by atoms with Gasteiger partial charge in [0, 0.05) is 28.4 Å². The van der Waals surface area contributed by atoms with Crippen molar-refractivity contribution < 1.29 is 5.11 Å². The second-order valence-electron chi connectivity index (χ2n) is 6.10. The van der Waals surface area contributed by atoms with Crippen LogP contribution in [0.3, 0.4) is 0 Å². The van der Waals surface area contributed by atoms with Crippen LogP contribution in [0.5, 0.6) is 0 Å². The molecule has 0 radical (unpaired) electrons. The second-order valence-corrected chi connectivity index (χ2v) is 6.51. The van der Waals surface area contributed by atoms with Gasteiger partial charge in [-0.2, -0.15) is 5.10 Å². The maximum Gasteiger partial charge on any atom is 0.253 e. The quantitative estimate of drug-likeness (QED) is 0.751. The van der Waals surface area contributed by atoms with Gasteiger partial charge in [-0.15, -0.1) is 0 Å². The summed E-state index contributed by atoms with van der Waals surface area (Å²) in [5, 5.41) is 15.8. The van der Waals surface area contributed by atoms with E-state index < -0.39 is 5.60 Å². The Kier molecular flexibility index (Phi) is 4.49. The maximum atomic E-state index is 11.6. The molecule has 2 heterocycles. The summed E-state index contributed by atoms with van der Waals surface area (Å²) in [6.45, 7) is 5.41. The molecule has 130 valence electrons. The number of aromatic nitrogens is 4.